The van der Waals surface area contributed by atoms with Gasteiger partial charge >= 0.3 is 11.9 Å². The second-order valence-corrected chi connectivity index (χ2v) is 3.92. The molecular weight excluding hydrogens is 256 g/mol. The lowest BCUT2D eigenvalue weighted by molar-refractivity contribution is -0.129. The van der Waals surface area contributed by atoms with E-state index in [1.165, 1.54) is 0 Å². The molecule has 0 aliphatic heterocycles. The van der Waals surface area contributed by atoms with Gasteiger partial charge in [-0.1, -0.05) is 25.3 Å². The number of hydrogen-bond donors (Lipinski definition) is 0. The highest BCUT2D eigenvalue weighted by atomic mass is 16.5. The Balaban J connectivity index is 2.29. The Bertz CT molecular complexity index is 639. The van der Waals surface area contributed by atoms with Gasteiger partial charge in [-0.05, 0) is 35.0 Å². The van der Waals surface area contributed by atoms with Gasteiger partial charge in [0, 0.05) is 12.2 Å². The molecule has 0 bridgehead atoms. The minimum Gasteiger partial charge on any atom is -0.423 e. The summed E-state index contributed by atoms with van der Waals surface area (Å²) in [6.07, 6.45) is 2.20. The third kappa shape index (κ3) is 3.11. The molecule has 0 aliphatic rings. The van der Waals surface area contributed by atoms with Crippen molar-refractivity contribution in [2.75, 3.05) is 0 Å². The largest absolute Gasteiger partial charge is 0.423 e. The van der Waals surface area contributed by atoms with Crippen LogP contribution in [0.1, 0.15) is 0 Å². The van der Waals surface area contributed by atoms with Crippen molar-refractivity contribution >= 4 is 22.7 Å². The number of fused-ring (bicyclic) bond motifs is 1. The number of rotatable bonds is 4. The van der Waals surface area contributed by atoms with Gasteiger partial charge in [-0.2, -0.15) is 0 Å². The van der Waals surface area contributed by atoms with Gasteiger partial charge in [0.25, 0.3) is 0 Å². The van der Waals surface area contributed by atoms with E-state index < -0.39 is 11.9 Å². The van der Waals surface area contributed by atoms with E-state index in [2.05, 4.69) is 13.2 Å². The van der Waals surface area contributed by atoms with E-state index in [-0.39, 0.29) is 0 Å². The molecule has 0 saturated heterocycles. The van der Waals surface area contributed by atoms with Crippen LogP contribution in [0.25, 0.3) is 10.8 Å². The molecular formula is C16H12O4. The van der Waals surface area contributed by atoms with Crippen molar-refractivity contribution in [3.8, 4) is 11.5 Å². The van der Waals surface area contributed by atoms with E-state index in [1.54, 1.807) is 36.4 Å². The van der Waals surface area contributed by atoms with Crippen LogP contribution in [0.3, 0.4) is 0 Å². The smallest absolute Gasteiger partial charge is 0.335 e. The van der Waals surface area contributed by atoms with E-state index >= 15 is 0 Å². The van der Waals surface area contributed by atoms with Crippen LogP contribution in [0.15, 0.2) is 61.7 Å². The van der Waals surface area contributed by atoms with Gasteiger partial charge in [0.15, 0.2) is 0 Å². The monoisotopic (exact) mass is 268 g/mol. The highest BCUT2D eigenvalue weighted by molar-refractivity contribution is 5.89. The number of ether oxygens (including phenoxy) is 2. The van der Waals surface area contributed by atoms with E-state index in [0.29, 0.717) is 11.5 Å². The zero-order valence-corrected chi connectivity index (χ0v) is 10.7. The Labute approximate surface area is 115 Å². The van der Waals surface area contributed by atoms with Crippen molar-refractivity contribution in [3.05, 3.63) is 61.7 Å². The Kier molecular flexibility index (Phi) is 3.96. The van der Waals surface area contributed by atoms with Gasteiger partial charge in [0.2, 0.25) is 0 Å². The summed E-state index contributed by atoms with van der Waals surface area (Å²) in [5.41, 5.74) is 0. The first kappa shape index (κ1) is 13.5. The SMILES string of the molecule is C=CC(=O)Oc1ccc2cc(OC(=O)C=C)ccc2c1. The molecule has 0 heterocycles. The number of carbonyl (C=O) groups is 2. The Morgan fingerprint density at radius 1 is 0.800 bits per heavy atom. The zero-order valence-electron chi connectivity index (χ0n) is 10.7. The predicted octanol–water partition coefficient (Wildman–Crippen LogP) is 3.02. The molecule has 0 amide bonds. The van der Waals surface area contributed by atoms with Crippen LogP contribution >= 0.6 is 0 Å². The molecule has 0 aromatic heterocycles. The molecule has 4 nitrogen and oxygen atoms in total. The summed E-state index contributed by atoms with van der Waals surface area (Å²) in [6.45, 7) is 6.67. The van der Waals surface area contributed by atoms with E-state index in [4.69, 9.17) is 9.47 Å². The Morgan fingerprint density at radius 3 is 1.55 bits per heavy atom. The molecule has 0 radical (unpaired) electrons. The van der Waals surface area contributed by atoms with E-state index in [9.17, 15) is 9.59 Å². The number of benzene rings is 2. The lowest BCUT2D eigenvalue weighted by atomic mass is 10.1. The number of esters is 2. The molecule has 0 unspecified atom stereocenters. The van der Waals surface area contributed by atoms with Gasteiger partial charge in [-0.3, -0.25) is 0 Å². The first-order chi connectivity index (χ1) is 9.62. The molecule has 20 heavy (non-hydrogen) atoms. The molecule has 100 valence electrons. The van der Waals surface area contributed by atoms with Crippen molar-refractivity contribution < 1.29 is 19.1 Å². The van der Waals surface area contributed by atoms with Crippen LogP contribution in [0.4, 0.5) is 0 Å². The first-order valence-electron chi connectivity index (χ1n) is 5.84. The van der Waals surface area contributed by atoms with Gasteiger partial charge in [-0.25, -0.2) is 9.59 Å². The van der Waals surface area contributed by atoms with Crippen LogP contribution in [0, 0.1) is 0 Å². The second kappa shape index (κ2) is 5.84. The summed E-state index contributed by atoms with van der Waals surface area (Å²) >= 11 is 0. The van der Waals surface area contributed by atoms with Crippen molar-refractivity contribution in [3.63, 3.8) is 0 Å². The van der Waals surface area contributed by atoms with Gasteiger partial charge in [0.05, 0.1) is 0 Å². The highest BCUT2D eigenvalue weighted by Crippen LogP contribution is 2.25. The quantitative estimate of drug-likeness (QED) is 0.486. The third-order valence-corrected chi connectivity index (χ3v) is 2.55. The lowest BCUT2D eigenvalue weighted by Gasteiger charge is -2.06. The summed E-state index contributed by atoms with van der Waals surface area (Å²) in [7, 11) is 0. The fourth-order valence-corrected chi connectivity index (χ4v) is 1.64. The molecule has 0 saturated carbocycles. The average Bonchev–Trinajstić information content (AvgIpc) is 2.47. The van der Waals surface area contributed by atoms with E-state index in [1.807, 2.05) is 0 Å². The molecule has 0 atom stereocenters. The molecule has 4 heteroatoms. The van der Waals surface area contributed by atoms with Crippen LogP contribution in [0.2, 0.25) is 0 Å². The second-order valence-electron chi connectivity index (χ2n) is 3.92. The minimum absolute atomic E-state index is 0.429. The summed E-state index contributed by atoms with van der Waals surface area (Å²) in [4.78, 5) is 22.2. The summed E-state index contributed by atoms with van der Waals surface area (Å²) in [6, 6.07) is 10.3. The Morgan fingerprint density at radius 2 is 1.20 bits per heavy atom. The van der Waals surface area contributed by atoms with Crippen molar-refractivity contribution in [2.45, 2.75) is 0 Å². The Hall–Kier alpha value is -2.88. The maximum Gasteiger partial charge on any atom is 0.335 e. The first-order valence-corrected chi connectivity index (χ1v) is 5.84. The molecule has 0 N–H and O–H groups in total. The highest BCUT2D eigenvalue weighted by Gasteiger charge is 2.04. The van der Waals surface area contributed by atoms with Crippen LogP contribution in [-0.2, 0) is 9.59 Å². The van der Waals surface area contributed by atoms with Gasteiger partial charge in [-0.15, -0.1) is 0 Å². The topological polar surface area (TPSA) is 52.6 Å². The molecule has 0 aliphatic carbocycles. The summed E-state index contributed by atoms with van der Waals surface area (Å²) in [5, 5.41) is 1.72. The summed E-state index contributed by atoms with van der Waals surface area (Å²) < 4.78 is 10.1. The number of hydrogen-bond acceptors (Lipinski definition) is 4. The van der Waals surface area contributed by atoms with Crippen molar-refractivity contribution in [2.24, 2.45) is 0 Å². The normalized spacial score (nSPS) is 9.80. The lowest BCUT2D eigenvalue weighted by Crippen LogP contribution is -2.03. The van der Waals surface area contributed by atoms with Crippen LogP contribution in [0.5, 0.6) is 11.5 Å². The maximum absolute atomic E-state index is 11.1. The molecule has 2 aromatic carbocycles. The average molecular weight is 268 g/mol. The van der Waals surface area contributed by atoms with E-state index in [0.717, 1.165) is 22.9 Å². The molecule has 2 aromatic rings. The molecule has 2 rings (SSSR count). The predicted molar refractivity (Wildman–Crippen MR) is 75.6 cm³/mol. The van der Waals surface area contributed by atoms with Crippen molar-refractivity contribution in [1.29, 1.82) is 0 Å². The van der Waals surface area contributed by atoms with Crippen molar-refractivity contribution in [1.82, 2.24) is 0 Å². The fourth-order valence-electron chi connectivity index (χ4n) is 1.64. The fraction of sp³-hybridized carbons (Fsp3) is 0. The molecule has 0 spiro atoms. The summed E-state index contributed by atoms with van der Waals surface area (Å²) in [5.74, 6) is -0.168. The maximum atomic E-state index is 11.1. The molecule has 0 fully saturated rings. The zero-order chi connectivity index (χ0) is 14.5. The number of carbonyl (C=O) groups excluding carboxylic acids is 2. The van der Waals surface area contributed by atoms with Crippen LogP contribution < -0.4 is 9.47 Å². The van der Waals surface area contributed by atoms with Crippen LogP contribution in [-0.4, -0.2) is 11.9 Å². The van der Waals surface area contributed by atoms with Gasteiger partial charge in [0.1, 0.15) is 11.5 Å². The third-order valence-electron chi connectivity index (χ3n) is 2.55. The van der Waals surface area contributed by atoms with Gasteiger partial charge < -0.3 is 9.47 Å². The standard InChI is InChI=1S/C16H12O4/c1-3-15(17)19-13-7-5-12-10-14(20-16(18)4-2)8-6-11(12)9-13/h3-10H,1-2H2. The minimum atomic E-state index is -0.513.